The molecule has 1 aliphatic rings. The quantitative estimate of drug-likeness (QED) is 0.690. The first-order valence-electron chi connectivity index (χ1n) is 7.75. The van der Waals surface area contributed by atoms with Gasteiger partial charge in [0.2, 0.25) is 17.7 Å². The third-order valence-electron chi connectivity index (χ3n) is 3.81. The molecule has 0 saturated heterocycles. The molecule has 1 aromatic carbocycles. The lowest BCUT2D eigenvalue weighted by molar-refractivity contribution is 0.256. The van der Waals surface area contributed by atoms with Crippen LogP contribution in [-0.2, 0) is 31.4 Å². The number of sulfone groups is 1. The van der Waals surface area contributed by atoms with Gasteiger partial charge in [0, 0.05) is 0 Å². The highest BCUT2D eigenvalue weighted by Gasteiger charge is 2.31. The number of aromatic nitrogens is 2. The summed E-state index contributed by atoms with van der Waals surface area (Å²) in [7, 11) is -5.06. The molecule has 0 saturated carbocycles. The number of carbonyl (C=O) groups is 1. The lowest BCUT2D eigenvalue weighted by atomic mass is 10.1. The Labute approximate surface area is 161 Å². The lowest BCUT2D eigenvalue weighted by Crippen LogP contribution is -2.35. The Morgan fingerprint density at radius 1 is 1.11 bits per heavy atom. The van der Waals surface area contributed by atoms with Gasteiger partial charge in [0.25, 0.3) is 10.0 Å². The fourth-order valence-electron chi connectivity index (χ4n) is 2.64. The maximum absolute atomic E-state index is 12.6. The van der Waals surface area contributed by atoms with Crippen molar-refractivity contribution in [3.63, 3.8) is 0 Å². The van der Waals surface area contributed by atoms with E-state index in [0.29, 0.717) is 5.56 Å². The van der Waals surface area contributed by atoms with Crippen LogP contribution in [0.1, 0.15) is 11.1 Å². The Bertz CT molecular complexity index is 1120. The molecule has 28 heavy (non-hydrogen) atoms. The van der Waals surface area contributed by atoms with Gasteiger partial charge in [-0.2, -0.15) is 9.97 Å². The molecule has 1 aromatic heterocycles. The molecule has 13 heteroatoms. The van der Waals surface area contributed by atoms with E-state index < -0.39 is 31.6 Å². The van der Waals surface area contributed by atoms with E-state index in [1.807, 2.05) is 4.72 Å². The fraction of sp³-hybridized carbons (Fsp3) is 0.267. The van der Waals surface area contributed by atoms with E-state index in [1.54, 1.807) is 0 Å². The molecule has 2 aromatic rings. The number of nitrogens with zero attached hydrogens (tertiary/aromatic N) is 2. The number of carbonyl (C=O) groups excluding carboxylic acids is 1. The summed E-state index contributed by atoms with van der Waals surface area (Å²) in [6.45, 7) is 0. The largest absolute Gasteiger partial charge is 0.481 e. The van der Waals surface area contributed by atoms with Crippen LogP contribution in [0.2, 0.25) is 0 Å². The molecule has 2 N–H and O–H groups in total. The number of sulfonamides is 1. The van der Waals surface area contributed by atoms with Gasteiger partial charge in [0.05, 0.1) is 36.7 Å². The number of hydrogen-bond acceptors (Lipinski definition) is 9. The van der Waals surface area contributed by atoms with Crippen LogP contribution in [-0.4, -0.2) is 47.1 Å². The number of nitrogens with one attached hydrogen (secondary N) is 2. The second-order valence-corrected chi connectivity index (χ2v) is 9.48. The van der Waals surface area contributed by atoms with Gasteiger partial charge >= 0.3 is 6.03 Å². The van der Waals surface area contributed by atoms with Crippen LogP contribution in [0.4, 0.5) is 10.7 Å². The Morgan fingerprint density at radius 3 is 2.36 bits per heavy atom. The summed E-state index contributed by atoms with van der Waals surface area (Å²) >= 11 is 0. The second-order valence-electron chi connectivity index (χ2n) is 5.76. The Morgan fingerprint density at radius 2 is 1.75 bits per heavy atom. The summed E-state index contributed by atoms with van der Waals surface area (Å²) in [6, 6.07) is 4.43. The van der Waals surface area contributed by atoms with Crippen molar-refractivity contribution in [2.45, 2.75) is 16.4 Å². The summed E-state index contributed by atoms with van der Waals surface area (Å²) in [4.78, 5) is 19.6. The third-order valence-corrected chi connectivity index (χ3v) is 6.70. The van der Waals surface area contributed by atoms with Crippen molar-refractivity contribution in [2.24, 2.45) is 0 Å². The van der Waals surface area contributed by atoms with Crippen LogP contribution in [0.5, 0.6) is 11.8 Å². The zero-order chi connectivity index (χ0) is 20.5. The number of amides is 2. The molecule has 1 aliphatic heterocycles. The minimum Gasteiger partial charge on any atom is -0.481 e. The van der Waals surface area contributed by atoms with Crippen LogP contribution in [0.25, 0.3) is 0 Å². The van der Waals surface area contributed by atoms with Crippen molar-refractivity contribution in [3.05, 3.63) is 35.4 Å². The monoisotopic (exact) mass is 428 g/mol. The first kappa shape index (κ1) is 19.8. The molecule has 2 amide bonds. The van der Waals surface area contributed by atoms with E-state index in [1.165, 1.54) is 38.5 Å². The zero-order valence-electron chi connectivity index (χ0n) is 14.8. The highest BCUT2D eigenvalue weighted by molar-refractivity contribution is 7.91. The molecule has 11 nitrogen and oxygen atoms in total. The van der Waals surface area contributed by atoms with Crippen molar-refractivity contribution in [1.29, 1.82) is 0 Å². The van der Waals surface area contributed by atoms with Crippen molar-refractivity contribution < 1.29 is 31.1 Å². The van der Waals surface area contributed by atoms with Gasteiger partial charge < -0.3 is 9.47 Å². The molecule has 0 fully saturated rings. The number of urea groups is 1. The highest BCUT2D eigenvalue weighted by atomic mass is 32.2. The predicted octanol–water partition coefficient (Wildman–Crippen LogP) is 0.433. The Kier molecular flexibility index (Phi) is 5.12. The van der Waals surface area contributed by atoms with Gasteiger partial charge in [-0.25, -0.2) is 26.4 Å². The summed E-state index contributed by atoms with van der Waals surface area (Å²) in [5.74, 6) is -0.705. The number of methoxy groups -OCH3 is 2. The molecular formula is C15H16N4O7S2. The molecule has 0 atom stereocenters. The molecule has 0 radical (unpaired) electrons. The molecule has 2 heterocycles. The molecule has 0 aliphatic carbocycles. The standard InChI is InChI=1S/C15H16N4O7S2/c1-25-12-6-13(26-2)17-14(16-12)18-15(20)19-28(23,24)11-5-3-4-9-7-27(21,22)8-10(9)11/h3-6H,7-8H2,1-2H3,(H2,16,17,18,19,20). The molecule has 150 valence electrons. The normalized spacial score (nSPS) is 14.8. The summed E-state index contributed by atoms with van der Waals surface area (Å²) < 4.78 is 60.5. The average Bonchev–Trinajstić information content (AvgIpc) is 2.94. The van der Waals surface area contributed by atoms with E-state index >= 15 is 0 Å². The maximum atomic E-state index is 12.6. The van der Waals surface area contributed by atoms with Gasteiger partial charge in [0.1, 0.15) is 0 Å². The van der Waals surface area contributed by atoms with Crippen LogP contribution < -0.4 is 19.5 Å². The molecule has 0 unspecified atom stereocenters. The van der Waals surface area contributed by atoms with E-state index in [-0.39, 0.29) is 33.9 Å². The van der Waals surface area contributed by atoms with Crippen LogP contribution >= 0.6 is 0 Å². The number of hydrogen-bond donors (Lipinski definition) is 2. The molecular weight excluding hydrogens is 412 g/mol. The number of ether oxygens (including phenoxy) is 2. The van der Waals surface area contributed by atoms with Crippen molar-refractivity contribution in [2.75, 3.05) is 19.5 Å². The van der Waals surface area contributed by atoms with E-state index in [9.17, 15) is 21.6 Å². The first-order valence-corrected chi connectivity index (χ1v) is 11.1. The number of rotatable bonds is 5. The van der Waals surface area contributed by atoms with Crippen LogP contribution in [0.15, 0.2) is 29.2 Å². The minimum atomic E-state index is -4.33. The Balaban J connectivity index is 1.83. The van der Waals surface area contributed by atoms with Crippen LogP contribution in [0.3, 0.4) is 0 Å². The number of anilines is 1. The van der Waals surface area contributed by atoms with Gasteiger partial charge in [-0.3, -0.25) is 5.32 Å². The predicted molar refractivity (Wildman–Crippen MR) is 97.2 cm³/mol. The molecule has 0 spiro atoms. The number of benzene rings is 1. The smallest absolute Gasteiger partial charge is 0.335 e. The topological polar surface area (TPSA) is 154 Å². The van der Waals surface area contributed by atoms with Gasteiger partial charge in [-0.05, 0) is 17.2 Å². The average molecular weight is 428 g/mol. The van der Waals surface area contributed by atoms with Crippen molar-refractivity contribution in [1.82, 2.24) is 14.7 Å². The summed E-state index contributed by atoms with van der Waals surface area (Å²) in [5.41, 5.74) is 0.547. The fourth-order valence-corrected chi connectivity index (χ4v) is 5.55. The third kappa shape index (κ3) is 4.14. The first-order chi connectivity index (χ1) is 13.1. The van der Waals surface area contributed by atoms with E-state index in [0.717, 1.165) is 0 Å². The summed E-state index contributed by atoms with van der Waals surface area (Å²) in [6.07, 6.45) is 0. The van der Waals surface area contributed by atoms with Crippen LogP contribution in [0, 0.1) is 0 Å². The molecule has 0 bridgehead atoms. The Hall–Kier alpha value is -2.93. The second kappa shape index (κ2) is 7.24. The minimum absolute atomic E-state index is 0.0936. The summed E-state index contributed by atoms with van der Waals surface area (Å²) in [5, 5.41) is 2.17. The van der Waals surface area contributed by atoms with E-state index in [2.05, 4.69) is 15.3 Å². The molecule has 3 rings (SSSR count). The van der Waals surface area contributed by atoms with Gasteiger partial charge in [-0.15, -0.1) is 0 Å². The van der Waals surface area contributed by atoms with Crippen molar-refractivity contribution in [3.8, 4) is 11.8 Å². The van der Waals surface area contributed by atoms with E-state index in [4.69, 9.17) is 9.47 Å². The van der Waals surface area contributed by atoms with Gasteiger partial charge in [-0.1, -0.05) is 12.1 Å². The lowest BCUT2D eigenvalue weighted by Gasteiger charge is -2.11. The zero-order valence-corrected chi connectivity index (χ0v) is 16.4. The SMILES string of the molecule is COc1cc(OC)nc(NC(=O)NS(=O)(=O)c2cccc3c2CS(=O)(=O)C3)n1. The maximum Gasteiger partial charge on any atom is 0.335 e. The number of fused-ring (bicyclic) bond motifs is 1. The highest BCUT2D eigenvalue weighted by Crippen LogP contribution is 2.30. The van der Waals surface area contributed by atoms with Crippen molar-refractivity contribution >= 4 is 31.8 Å². The van der Waals surface area contributed by atoms with Gasteiger partial charge in [0.15, 0.2) is 9.84 Å².